The Morgan fingerprint density at radius 2 is 1.72 bits per heavy atom. The number of aliphatic hydroxyl groups is 1. The van der Waals surface area contributed by atoms with Crippen LogP contribution in [0.1, 0.15) is 17.2 Å². The van der Waals surface area contributed by atoms with Crippen molar-refractivity contribution in [3.8, 4) is 11.3 Å². The fraction of sp³-hybridized carbons (Fsp3) is 0.0952. The average molecular weight is 332 g/mol. The second-order valence-electron chi connectivity index (χ2n) is 6.09. The Bertz CT molecular complexity index is 994. The first-order valence-electron chi connectivity index (χ1n) is 8.16. The summed E-state index contributed by atoms with van der Waals surface area (Å²) in [6, 6.07) is 21.9. The van der Waals surface area contributed by atoms with Crippen LogP contribution in [0.4, 0.5) is 4.39 Å². The van der Waals surface area contributed by atoms with E-state index in [1.54, 1.807) is 12.1 Å². The van der Waals surface area contributed by atoms with Gasteiger partial charge in [0.15, 0.2) is 0 Å². The lowest BCUT2D eigenvalue weighted by Gasteiger charge is -2.11. The molecule has 1 aromatic heterocycles. The van der Waals surface area contributed by atoms with Gasteiger partial charge >= 0.3 is 0 Å². The molecule has 0 saturated heterocycles. The van der Waals surface area contributed by atoms with Crippen molar-refractivity contribution in [3.63, 3.8) is 0 Å². The summed E-state index contributed by atoms with van der Waals surface area (Å²) in [6.07, 6.45) is -0.0430. The third-order valence-corrected chi connectivity index (χ3v) is 4.36. The highest BCUT2D eigenvalue weighted by molar-refractivity contribution is 5.93. The summed E-state index contributed by atoms with van der Waals surface area (Å²) in [5, 5.41) is 18.8. The minimum absolute atomic E-state index is 0.275. The number of nitrogens with one attached hydrogen (secondary N) is 1. The fourth-order valence-corrected chi connectivity index (χ4v) is 3.02. The summed E-state index contributed by atoms with van der Waals surface area (Å²) in [6.45, 7) is 0. The van der Waals surface area contributed by atoms with E-state index in [2.05, 4.69) is 10.2 Å². The van der Waals surface area contributed by atoms with Crippen molar-refractivity contribution in [1.82, 2.24) is 10.2 Å². The number of fused-ring (bicyclic) bond motifs is 1. The van der Waals surface area contributed by atoms with Crippen LogP contribution in [-0.2, 0) is 6.42 Å². The van der Waals surface area contributed by atoms with E-state index in [0.717, 1.165) is 33.3 Å². The van der Waals surface area contributed by atoms with E-state index in [-0.39, 0.29) is 5.82 Å². The first-order chi connectivity index (χ1) is 12.2. The van der Waals surface area contributed by atoms with E-state index in [4.69, 9.17) is 0 Å². The van der Waals surface area contributed by atoms with Gasteiger partial charge in [0.25, 0.3) is 0 Å². The molecule has 124 valence electrons. The van der Waals surface area contributed by atoms with Crippen molar-refractivity contribution >= 4 is 10.9 Å². The summed E-state index contributed by atoms with van der Waals surface area (Å²) in [5.74, 6) is -0.275. The third-order valence-electron chi connectivity index (χ3n) is 4.36. The van der Waals surface area contributed by atoms with Crippen LogP contribution in [-0.4, -0.2) is 15.3 Å². The van der Waals surface area contributed by atoms with Crippen molar-refractivity contribution in [2.24, 2.45) is 0 Å². The van der Waals surface area contributed by atoms with Crippen LogP contribution in [0.2, 0.25) is 0 Å². The molecule has 4 aromatic rings. The minimum atomic E-state index is -0.595. The Hall–Kier alpha value is -2.98. The standard InChI is InChI=1S/C21H17FN2O/c22-17-9-6-15(7-10-17)21-18-13-16(8-11-19(18)23-24-21)20(25)12-14-4-2-1-3-5-14/h1-11,13,20,25H,12H2,(H,23,24). The highest BCUT2D eigenvalue weighted by Gasteiger charge is 2.13. The van der Waals surface area contributed by atoms with Crippen LogP contribution in [0.3, 0.4) is 0 Å². The molecule has 4 rings (SSSR count). The maximum Gasteiger partial charge on any atom is 0.123 e. The van der Waals surface area contributed by atoms with Crippen LogP contribution in [0.5, 0.6) is 0 Å². The van der Waals surface area contributed by atoms with Gasteiger partial charge in [0.1, 0.15) is 5.82 Å². The van der Waals surface area contributed by atoms with Crippen molar-refractivity contribution in [3.05, 3.63) is 89.7 Å². The van der Waals surface area contributed by atoms with Gasteiger partial charge in [0, 0.05) is 17.4 Å². The minimum Gasteiger partial charge on any atom is -0.388 e. The van der Waals surface area contributed by atoms with E-state index >= 15 is 0 Å². The second kappa shape index (κ2) is 6.49. The number of aromatic amines is 1. The molecular formula is C21H17FN2O. The average Bonchev–Trinajstić information content (AvgIpc) is 3.06. The number of H-pyrrole nitrogens is 1. The Morgan fingerprint density at radius 1 is 0.960 bits per heavy atom. The molecule has 3 nitrogen and oxygen atoms in total. The van der Waals surface area contributed by atoms with Gasteiger partial charge in [-0.1, -0.05) is 36.4 Å². The molecule has 0 spiro atoms. The zero-order valence-electron chi connectivity index (χ0n) is 13.5. The van der Waals surface area contributed by atoms with Crippen LogP contribution in [0.15, 0.2) is 72.8 Å². The lowest BCUT2D eigenvalue weighted by Crippen LogP contribution is -2.01. The number of hydrogen-bond acceptors (Lipinski definition) is 2. The molecule has 0 amide bonds. The monoisotopic (exact) mass is 332 g/mol. The fourth-order valence-electron chi connectivity index (χ4n) is 3.02. The molecule has 0 radical (unpaired) electrons. The van der Waals surface area contributed by atoms with Gasteiger partial charge in [-0.2, -0.15) is 5.10 Å². The normalized spacial score (nSPS) is 12.4. The summed E-state index contributed by atoms with van der Waals surface area (Å²) in [4.78, 5) is 0. The summed E-state index contributed by atoms with van der Waals surface area (Å²) < 4.78 is 13.2. The number of nitrogens with zero attached hydrogens (tertiary/aromatic N) is 1. The van der Waals surface area contributed by atoms with Crippen molar-refractivity contribution in [2.75, 3.05) is 0 Å². The van der Waals surface area contributed by atoms with E-state index in [0.29, 0.717) is 6.42 Å². The zero-order chi connectivity index (χ0) is 17.2. The van der Waals surface area contributed by atoms with Gasteiger partial charge in [0.05, 0.1) is 17.3 Å². The van der Waals surface area contributed by atoms with Gasteiger partial charge in [0.2, 0.25) is 0 Å². The van der Waals surface area contributed by atoms with Crippen LogP contribution in [0.25, 0.3) is 22.2 Å². The SMILES string of the molecule is OC(Cc1ccccc1)c1ccc2[nH]nc(-c3ccc(F)cc3)c2c1. The largest absolute Gasteiger partial charge is 0.388 e. The van der Waals surface area contributed by atoms with E-state index in [1.807, 2.05) is 48.5 Å². The van der Waals surface area contributed by atoms with Crippen molar-refractivity contribution in [1.29, 1.82) is 0 Å². The number of rotatable bonds is 4. The van der Waals surface area contributed by atoms with Gasteiger partial charge in [-0.3, -0.25) is 5.10 Å². The van der Waals surface area contributed by atoms with Gasteiger partial charge < -0.3 is 5.11 Å². The molecule has 0 aliphatic rings. The maximum atomic E-state index is 13.2. The molecule has 0 fully saturated rings. The van der Waals surface area contributed by atoms with Gasteiger partial charge in [-0.05, 0) is 47.5 Å². The molecule has 4 heteroatoms. The summed E-state index contributed by atoms with van der Waals surface area (Å²) in [7, 11) is 0. The predicted molar refractivity (Wildman–Crippen MR) is 96.6 cm³/mol. The smallest absolute Gasteiger partial charge is 0.123 e. The molecule has 1 heterocycles. The molecule has 25 heavy (non-hydrogen) atoms. The molecule has 0 aliphatic carbocycles. The first kappa shape index (κ1) is 15.5. The molecule has 0 saturated carbocycles. The lowest BCUT2D eigenvalue weighted by molar-refractivity contribution is 0.178. The Morgan fingerprint density at radius 3 is 2.48 bits per heavy atom. The van der Waals surface area contributed by atoms with Crippen LogP contribution < -0.4 is 0 Å². The Labute approximate surface area is 144 Å². The summed E-state index contributed by atoms with van der Waals surface area (Å²) >= 11 is 0. The molecular weight excluding hydrogens is 315 g/mol. The van der Waals surface area contributed by atoms with Crippen LogP contribution >= 0.6 is 0 Å². The molecule has 0 aliphatic heterocycles. The highest BCUT2D eigenvalue weighted by atomic mass is 19.1. The molecule has 1 unspecified atom stereocenters. The number of aliphatic hydroxyl groups excluding tert-OH is 1. The Balaban J connectivity index is 1.69. The highest BCUT2D eigenvalue weighted by Crippen LogP contribution is 2.29. The summed E-state index contributed by atoms with van der Waals surface area (Å²) in [5.41, 5.74) is 4.39. The van der Waals surface area contributed by atoms with Gasteiger partial charge in [-0.25, -0.2) is 4.39 Å². The van der Waals surface area contributed by atoms with E-state index < -0.39 is 6.10 Å². The lowest BCUT2D eigenvalue weighted by atomic mass is 9.99. The quantitative estimate of drug-likeness (QED) is 0.572. The third kappa shape index (κ3) is 3.16. The maximum absolute atomic E-state index is 13.2. The predicted octanol–water partition coefficient (Wildman–Crippen LogP) is 4.65. The molecule has 3 aromatic carbocycles. The molecule has 2 N–H and O–H groups in total. The number of halogens is 1. The van der Waals surface area contributed by atoms with Crippen molar-refractivity contribution in [2.45, 2.75) is 12.5 Å². The Kier molecular flexibility index (Phi) is 4.04. The van der Waals surface area contributed by atoms with Crippen molar-refractivity contribution < 1.29 is 9.50 Å². The topological polar surface area (TPSA) is 48.9 Å². The van der Waals surface area contributed by atoms with E-state index in [1.165, 1.54) is 12.1 Å². The number of hydrogen-bond donors (Lipinski definition) is 2. The first-order valence-corrected chi connectivity index (χ1v) is 8.16. The van der Waals surface area contributed by atoms with Crippen LogP contribution in [0, 0.1) is 5.82 Å². The zero-order valence-corrected chi connectivity index (χ0v) is 13.5. The molecule has 1 atom stereocenters. The second-order valence-corrected chi connectivity index (χ2v) is 6.09. The van der Waals surface area contributed by atoms with E-state index in [9.17, 15) is 9.50 Å². The number of benzene rings is 3. The molecule has 0 bridgehead atoms. The number of aromatic nitrogens is 2. The van der Waals surface area contributed by atoms with Gasteiger partial charge in [-0.15, -0.1) is 0 Å².